The summed E-state index contributed by atoms with van der Waals surface area (Å²) < 4.78 is 43.2. The first-order valence-electron chi connectivity index (χ1n) is 9.88. The Morgan fingerprint density at radius 3 is 2.67 bits per heavy atom. The molecule has 0 unspecified atom stereocenters. The van der Waals surface area contributed by atoms with Gasteiger partial charge in [-0.05, 0) is 50.1 Å². The summed E-state index contributed by atoms with van der Waals surface area (Å²) in [5.74, 6) is -1.34. The first-order valence-corrected chi connectivity index (χ1v) is 11.3. The number of imidazole rings is 1. The van der Waals surface area contributed by atoms with Crippen LogP contribution >= 0.6 is 0 Å². The molecule has 1 aliphatic heterocycles. The highest BCUT2D eigenvalue weighted by Crippen LogP contribution is 2.24. The number of piperidine rings is 1. The van der Waals surface area contributed by atoms with Gasteiger partial charge in [0.15, 0.2) is 0 Å². The van der Waals surface area contributed by atoms with Crippen LogP contribution in [-0.4, -0.2) is 41.1 Å². The minimum absolute atomic E-state index is 0.0897. The molecule has 3 aromatic rings. The first-order chi connectivity index (χ1) is 14.4. The van der Waals surface area contributed by atoms with Crippen molar-refractivity contribution in [3.8, 4) is 0 Å². The lowest BCUT2D eigenvalue weighted by Gasteiger charge is -2.26. The minimum atomic E-state index is -3.98. The molecule has 9 heteroatoms. The van der Waals surface area contributed by atoms with Crippen LogP contribution in [0.25, 0.3) is 5.65 Å². The fraction of sp³-hybridized carbons (Fsp3) is 0.333. The van der Waals surface area contributed by atoms with Crippen molar-refractivity contribution in [3.05, 3.63) is 65.4 Å². The van der Waals surface area contributed by atoms with E-state index in [0.717, 1.165) is 42.7 Å². The van der Waals surface area contributed by atoms with Crippen molar-refractivity contribution in [1.82, 2.24) is 19.0 Å². The maximum Gasteiger partial charge on any atom is 0.251 e. The Labute approximate surface area is 174 Å². The number of nitrogens with one attached hydrogen (secondary N) is 1. The summed E-state index contributed by atoms with van der Waals surface area (Å²) in [4.78, 5) is 16.6. The van der Waals surface area contributed by atoms with Crippen LogP contribution in [0.15, 0.2) is 47.5 Å². The molecular weight excluding hydrogens is 407 g/mol. The molecule has 0 bridgehead atoms. The Kier molecular flexibility index (Phi) is 5.57. The largest absolute Gasteiger partial charge is 0.346 e. The predicted octanol–water partition coefficient (Wildman–Crippen LogP) is 2.89. The third-order valence-electron chi connectivity index (χ3n) is 5.30. The third kappa shape index (κ3) is 3.95. The molecule has 0 saturated carbocycles. The van der Waals surface area contributed by atoms with E-state index in [4.69, 9.17) is 0 Å². The van der Waals surface area contributed by atoms with Crippen molar-refractivity contribution in [2.45, 2.75) is 37.6 Å². The number of halogens is 1. The van der Waals surface area contributed by atoms with Crippen molar-refractivity contribution < 1.29 is 17.6 Å². The molecular formula is C21H23FN4O3S. The highest BCUT2D eigenvalue weighted by Gasteiger charge is 2.29. The fourth-order valence-corrected chi connectivity index (χ4v) is 5.25. The van der Waals surface area contributed by atoms with Crippen LogP contribution in [-0.2, 0) is 16.6 Å². The molecule has 0 radical (unpaired) electrons. The van der Waals surface area contributed by atoms with E-state index in [9.17, 15) is 17.6 Å². The van der Waals surface area contributed by atoms with Gasteiger partial charge in [0, 0.05) is 30.5 Å². The highest BCUT2D eigenvalue weighted by molar-refractivity contribution is 7.89. The van der Waals surface area contributed by atoms with Crippen LogP contribution < -0.4 is 5.32 Å². The number of benzene rings is 1. The molecule has 1 N–H and O–H groups in total. The zero-order chi connectivity index (χ0) is 21.3. The molecule has 1 fully saturated rings. The Bertz CT molecular complexity index is 1200. The number of aromatic nitrogens is 2. The van der Waals surface area contributed by atoms with Gasteiger partial charge >= 0.3 is 0 Å². The molecule has 3 heterocycles. The molecule has 1 aromatic carbocycles. The first kappa shape index (κ1) is 20.5. The normalized spacial score (nSPS) is 15.4. The van der Waals surface area contributed by atoms with Crippen LogP contribution in [0.5, 0.6) is 0 Å². The lowest BCUT2D eigenvalue weighted by atomic mass is 10.2. The average Bonchev–Trinajstić information content (AvgIpc) is 3.17. The summed E-state index contributed by atoms with van der Waals surface area (Å²) >= 11 is 0. The van der Waals surface area contributed by atoms with E-state index in [1.54, 1.807) is 0 Å². The Morgan fingerprint density at radius 2 is 1.93 bits per heavy atom. The van der Waals surface area contributed by atoms with Crippen LogP contribution in [0.3, 0.4) is 0 Å². The lowest BCUT2D eigenvalue weighted by molar-refractivity contribution is 0.0950. The van der Waals surface area contributed by atoms with Crippen molar-refractivity contribution in [3.63, 3.8) is 0 Å². The van der Waals surface area contributed by atoms with Crippen LogP contribution in [0.2, 0.25) is 0 Å². The van der Waals surface area contributed by atoms with Gasteiger partial charge < -0.3 is 9.72 Å². The summed E-state index contributed by atoms with van der Waals surface area (Å²) in [5.41, 5.74) is 2.55. The number of aryl methyl sites for hydroxylation is 1. The summed E-state index contributed by atoms with van der Waals surface area (Å²) in [7, 11) is -3.98. The Hall–Kier alpha value is -2.78. The number of sulfonamides is 1. The second-order valence-corrected chi connectivity index (χ2v) is 9.33. The van der Waals surface area contributed by atoms with Gasteiger partial charge in [0.1, 0.15) is 16.4 Å². The van der Waals surface area contributed by atoms with Crippen LogP contribution in [0.4, 0.5) is 4.39 Å². The molecule has 1 saturated heterocycles. The number of carbonyl (C=O) groups is 1. The van der Waals surface area contributed by atoms with Crippen molar-refractivity contribution in [2.24, 2.45) is 0 Å². The zero-order valence-corrected chi connectivity index (χ0v) is 17.5. The molecule has 158 valence electrons. The van der Waals surface area contributed by atoms with Crippen LogP contribution in [0.1, 0.15) is 41.0 Å². The van der Waals surface area contributed by atoms with Gasteiger partial charge in [-0.2, -0.15) is 4.31 Å². The molecule has 1 amide bonds. The van der Waals surface area contributed by atoms with E-state index in [2.05, 4.69) is 10.3 Å². The second-order valence-electron chi connectivity index (χ2n) is 7.42. The predicted molar refractivity (Wildman–Crippen MR) is 110 cm³/mol. The summed E-state index contributed by atoms with van der Waals surface area (Å²) in [5, 5.41) is 2.73. The van der Waals surface area contributed by atoms with Gasteiger partial charge in [0.2, 0.25) is 10.0 Å². The highest BCUT2D eigenvalue weighted by atomic mass is 32.2. The van der Waals surface area contributed by atoms with E-state index in [-0.39, 0.29) is 12.1 Å². The smallest absolute Gasteiger partial charge is 0.251 e. The average molecular weight is 431 g/mol. The van der Waals surface area contributed by atoms with Crippen LogP contribution in [0, 0.1) is 12.7 Å². The van der Waals surface area contributed by atoms with E-state index in [0.29, 0.717) is 18.8 Å². The van der Waals surface area contributed by atoms with Gasteiger partial charge in [0.05, 0.1) is 12.2 Å². The number of fused-ring (bicyclic) bond motifs is 1. The van der Waals surface area contributed by atoms with E-state index >= 15 is 0 Å². The van der Waals surface area contributed by atoms with Gasteiger partial charge in [-0.25, -0.2) is 17.8 Å². The number of amides is 1. The van der Waals surface area contributed by atoms with Gasteiger partial charge in [-0.15, -0.1) is 0 Å². The van der Waals surface area contributed by atoms with Gasteiger partial charge in [0.25, 0.3) is 5.91 Å². The molecule has 2 aromatic heterocycles. The topological polar surface area (TPSA) is 83.8 Å². The zero-order valence-electron chi connectivity index (χ0n) is 16.6. The van der Waals surface area contributed by atoms with Crippen molar-refractivity contribution in [2.75, 3.05) is 13.1 Å². The van der Waals surface area contributed by atoms with Gasteiger partial charge in [-0.3, -0.25) is 4.79 Å². The lowest BCUT2D eigenvalue weighted by Crippen LogP contribution is -2.36. The summed E-state index contributed by atoms with van der Waals surface area (Å²) in [6.07, 6.45) is 4.29. The summed E-state index contributed by atoms with van der Waals surface area (Å²) in [6.45, 7) is 2.86. The number of carbonyl (C=O) groups excluding carboxylic acids is 1. The van der Waals surface area contributed by atoms with E-state index in [1.807, 2.05) is 35.7 Å². The van der Waals surface area contributed by atoms with Crippen molar-refractivity contribution in [1.29, 1.82) is 0 Å². The number of rotatable bonds is 5. The molecule has 0 aliphatic carbocycles. The number of pyridine rings is 1. The maximum absolute atomic E-state index is 14.3. The number of hydrogen-bond acceptors (Lipinski definition) is 4. The molecule has 0 spiro atoms. The molecule has 7 nitrogen and oxygen atoms in total. The SMILES string of the molecule is Cc1cccc2nc(CNC(=O)c3ccc(F)c(S(=O)(=O)N4CCCCC4)c3)cn12. The number of hydrogen-bond donors (Lipinski definition) is 1. The van der Waals surface area contributed by atoms with Crippen molar-refractivity contribution >= 4 is 21.6 Å². The molecule has 30 heavy (non-hydrogen) atoms. The molecule has 4 rings (SSSR count). The summed E-state index contributed by atoms with van der Waals surface area (Å²) in [6, 6.07) is 9.16. The number of nitrogens with zero attached hydrogens (tertiary/aromatic N) is 3. The second kappa shape index (κ2) is 8.16. The maximum atomic E-state index is 14.3. The minimum Gasteiger partial charge on any atom is -0.346 e. The van der Waals surface area contributed by atoms with E-state index in [1.165, 1.54) is 10.4 Å². The molecule has 1 aliphatic rings. The standard InChI is InChI=1S/C21H23FN4O3S/c1-15-6-5-7-20-24-17(14-26(15)20)13-23-21(27)16-8-9-18(22)19(12-16)30(28,29)25-10-3-2-4-11-25/h5-9,12,14H,2-4,10-11,13H2,1H3,(H,23,27). The third-order valence-corrected chi connectivity index (χ3v) is 7.22. The van der Waals surface area contributed by atoms with E-state index < -0.39 is 26.6 Å². The fourth-order valence-electron chi connectivity index (χ4n) is 3.64. The Morgan fingerprint density at radius 1 is 1.17 bits per heavy atom. The quantitative estimate of drug-likeness (QED) is 0.675. The Balaban J connectivity index is 1.52. The molecule has 0 atom stereocenters. The van der Waals surface area contributed by atoms with Gasteiger partial charge in [-0.1, -0.05) is 12.5 Å². The monoisotopic (exact) mass is 430 g/mol.